The standard InChI is InChI=1S/C6H11NO2/c1-6(2,3)9-8-5-4-7/h5H2,1-3H3. The highest BCUT2D eigenvalue weighted by Crippen LogP contribution is 2.05. The summed E-state index contributed by atoms with van der Waals surface area (Å²) in [5, 5.41) is 8.01. The largest absolute Gasteiger partial charge is 0.230 e. The summed E-state index contributed by atoms with van der Waals surface area (Å²) >= 11 is 0. The quantitative estimate of drug-likeness (QED) is 0.320. The Balaban J connectivity index is 3.20. The molecule has 0 aliphatic carbocycles. The van der Waals surface area contributed by atoms with Crippen molar-refractivity contribution in [2.45, 2.75) is 26.4 Å². The van der Waals surface area contributed by atoms with Crippen LogP contribution in [0.15, 0.2) is 0 Å². The zero-order valence-electron chi connectivity index (χ0n) is 5.97. The molecule has 0 amide bonds. The molecule has 0 N–H and O–H groups in total. The molecule has 0 aromatic carbocycles. The molecule has 9 heavy (non-hydrogen) atoms. The molecular weight excluding hydrogens is 118 g/mol. The predicted octanol–water partition coefficient (Wildman–Crippen LogP) is 1.26. The first-order valence-corrected chi connectivity index (χ1v) is 2.74. The monoisotopic (exact) mass is 129 g/mol. The molecule has 0 atom stereocenters. The third-order valence-electron chi connectivity index (χ3n) is 0.432. The van der Waals surface area contributed by atoms with Crippen LogP contribution in [-0.2, 0) is 9.78 Å². The van der Waals surface area contributed by atoms with Crippen LogP contribution in [-0.4, -0.2) is 12.2 Å². The van der Waals surface area contributed by atoms with Gasteiger partial charge in [0.1, 0.15) is 0 Å². The molecule has 0 saturated carbocycles. The van der Waals surface area contributed by atoms with E-state index < -0.39 is 0 Å². The third kappa shape index (κ3) is 7.41. The van der Waals surface area contributed by atoms with Crippen LogP contribution in [0.3, 0.4) is 0 Å². The van der Waals surface area contributed by atoms with Crippen LogP contribution in [0.4, 0.5) is 0 Å². The lowest BCUT2D eigenvalue weighted by Crippen LogP contribution is -2.19. The van der Waals surface area contributed by atoms with Gasteiger partial charge in [-0.3, -0.25) is 0 Å². The second-order valence-corrected chi connectivity index (χ2v) is 2.62. The Morgan fingerprint density at radius 3 is 2.33 bits per heavy atom. The number of hydrogen-bond acceptors (Lipinski definition) is 3. The minimum atomic E-state index is -0.323. The van der Waals surface area contributed by atoms with Crippen molar-refractivity contribution in [3.05, 3.63) is 0 Å². The maximum Gasteiger partial charge on any atom is 0.169 e. The molecule has 0 aromatic heterocycles. The zero-order valence-corrected chi connectivity index (χ0v) is 5.97. The van der Waals surface area contributed by atoms with Crippen LogP contribution in [0.25, 0.3) is 0 Å². The molecule has 3 nitrogen and oxygen atoms in total. The molecule has 0 spiro atoms. The SMILES string of the molecule is CC(C)(C)OOCC#N. The van der Waals surface area contributed by atoms with Gasteiger partial charge in [0, 0.05) is 0 Å². The Kier molecular flexibility index (Phi) is 3.21. The summed E-state index contributed by atoms with van der Waals surface area (Å²) in [6, 6.07) is 1.79. The molecule has 0 bridgehead atoms. The minimum Gasteiger partial charge on any atom is -0.230 e. The van der Waals surface area contributed by atoms with Gasteiger partial charge in [-0.1, -0.05) is 0 Å². The second-order valence-electron chi connectivity index (χ2n) is 2.62. The van der Waals surface area contributed by atoms with Gasteiger partial charge in [-0.05, 0) is 20.8 Å². The van der Waals surface area contributed by atoms with E-state index in [0.29, 0.717) is 0 Å². The normalized spacial score (nSPS) is 10.9. The summed E-state index contributed by atoms with van der Waals surface area (Å²) in [6.45, 7) is 5.54. The van der Waals surface area contributed by atoms with Crippen molar-refractivity contribution in [3.63, 3.8) is 0 Å². The van der Waals surface area contributed by atoms with Gasteiger partial charge in [0.05, 0.1) is 11.7 Å². The van der Waals surface area contributed by atoms with Gasteiger partial charge >= 0.3 is 0 Å². The highest BCUT2D eigenvalue weighted by molar-refractivity contribution is 4.65. The maximum atomic E-state index is 8.01. The first-order chi connectivity index (χ1) is 4.06. The fourth-order valence-electron chi connectivity index (χ4n) is 0.233. The third-order valence-corrected chi connectivity index (χ3v) is 0.432. The van der Waals surface area contributed by atoms with Crippen molar-refractivity contribution < 1.29 is 9.78 Å². The number of rotatable bonds is 2. The molecule has 0 rings (SSSR count). The predicted molar refractivity (Wildman–Crippen MR) is 32.4 cm³/mol. The maximum absolute atomic E-state index is 8.01. The highest BCUT2D eigenvalue weighted by atomic mass is 17.2. The van der Waals surface area contributed by atoms with E-state index in [1.807, 2.05) is 20.8 Å². The molecule has 0 unspecified atom stereocenters. The van der Waals surface area contributed by atoms with Crippen LogP contribution in [0.5, 0.6) is 0 Å². The second kappa shape index (κ2) is 3.44. The molecule has 3 heteroatoms. The molecule has 0 radical (unpaired) electrons. The highest BCUT2D eigenvalue weighted by Gasteiger charge is 2.10. The average molecular weight is 129 g/mol. The van der Waals surface area contributed by atoms with Crippen molar-refractivity contribution in [3.8, 4) is 6.07 Å². The Labute approximate surface area is 55.1 Å². The zero-order chi connectivity index (χ0) is 7.33. The van der Waals surface area contributed by atoms with E-state index in [1.165, 1.54) is 0 Å². The van der Waals surface area contributed by atoms with E-state index in [1.54, 1.807) is 6.07 Å². The Bertz CT molecular complexity index is 109. The topological polar surface area (TPSA) is 42.2 Å². The first-order valence-electron chi connectivity index (χ1n) is 2.74. The van der Waals surface area contributed by atoms with Crippen LogP contribution in [0.1, 0.15) is 20.8 Å². The summed E-state index contributed by atoms with van der Waals surface area (Å²) in [5.41, 5.74) is -0.323. The van der Waals surface area contributed by atoms with E-state index in [2.05, 4.69) is 4.89 Å². The van der Waals surface area contributed by atoms with Crippen LogP contribution >= 0.6 is 0 Å². The van der Waals surface area contributed by atoms with Gasteiger partial charge in [-0.2, -0.15) is 5.26 Å². The summed E-state index contributed by atoms with van der Waals surface area (Å²) < 4.78 is 0. The van der Waals surface area contributed by atoms with Crippen molar-refractivity contribution in [1.82, 2.24) is 0 Å². The fourth-order valence-corrected chi connectivity index (χ4v) is 0.233. The molecule has 0 heterocycles. The average Bonchev–Trinajstić information content (AvgIpc) is 1.63. The molecule has 0 aliphatic rings. The summed E-state index contributed by atoms with van der Waals surface area (Å²) in [4.78, 5) is 9.23. The first kappa shape index (κ1) is 8.41. The number of nitriles is 1. The minimum absolute atomic E-state index is 0.0166. The lowest BCUT2D eigenvalue weighted by atomic mass is 10.2. The van der Waals surface area contributed by atoms with Gasteiger partial charge in [-0.15, -0.1) is 0 Å². The van der Waals surface area contributed by atoms with E-state index in [9.17, 15) is 0 Å². The smallest absolute Gasteiger partial charge is 0.169 e. The molecule has 52 valence electrons. The lowest BCUT2D eigenvalue weighted by Gasteiger charge is -2.15. The summed E-state index contributed by atoms with van der Waals surface area (Å²) in [6.07, 6.45) is 0. The van der Waals surface area contributed by atoms with E-state index in [0.717, 1.165) is 0 Å². The Morgan fingerprint density at radius 1 is 1.44 bits per heavy atom. The molecule has 0 aromatic rings. The molecule has 0 saturated heterocycles. The number of hydrogen-bond donors (Lipinski definition) is 0. The van der Waals surface area contributed by atoms with Gasteiger partial charge in [0.25, 0.3) is 0 Å². The van der Waals surface area contributed by atoms with Crippen LogP contribution < -0.4 is 0 Å². The molecular formula is C6H11NO2. The van der Waals surface area contributed by atoms with Gasteiger partial charge in [-0.25, -0.2) is 9.78 Å². The Hall–Kier alpha value is -0.590. The van der Waals surface area contributed by atoms with Crippen LogP contribution in [0.2, 0.25) is 0 Å². The van der Waals surface area contributed by atoms with Crippen molar-refractivity contribution in [2.75, 3.05) is 6.61 Å². The van der Waals surface area contributed by atoms with Gasteiger partial charge in [0.2, 0.25) is 0 Å². The van der Waals surface area contributed by atoms with Crippen molar-refractivity contribution in [2.24, 2.45) is 0 Å². The van der Waals surface area contributed by atoms with Crippen LogP contribution in [0, 0.1) is 11.3 Å². The molecule has 0 fully saturated rings. The fraction of sp³-hybridized carbons (Fsp3) is 0.833. The van der Waals surface area contributed by atoms with Gasteiger partial charge < -0.3 is 0 Å². The van der Waals surface area contributed by atoms with Crippen molar-refractivity contribution in [1.29, 1.82) is 5.26 Å². The lowest BCUT2D eigenvalue weighted by molar-refractivity contribution is -0.340. The summed E-state index contributed by atoms with van der Waals surface area (Å²) in [5.74, 6) is 0. The number of nitrogens with zero attached hydrogens (tertiary/aromatic N) is 1. The molecule has 0 aliphatic heterocycles. The van der Waals surface area contributed by atoms with Crippen molar-refractivity contribution >= 4 is 0 Å². The summed E-state index contributed by atoms with van der Waals surface area (Å²) in [7, 11) is 0. The van der Waals surface area contributed by atoms with E-state index >= 15 is 0 Å². The van der Waals surface area contributed by atoms with Gasteiger partial charge in [0.15, 0.2) is 6.61 Å². The van der Waals surface area contributed by atoms with E-state index in [4.69, 9.17) is 10.1 Å². The van der Waals surface area contributed by atoms with E-state index in [-0.39, 0.29) is 12.2 Å². The Morgan fingerprint density at radius 2 is 2.00 bits per heavy atom.